The summed E-state index contributed by atoms with van der Waals surface area (Å²) in [6.45, 7) is 4.70. The van der Waals surface area contributed by atoms with E-state index in [0.717, 1.165) is 16.8 Å². The van der Waals surface area contributed by atoms with E-state index in [1.165, 1.54) is 0 Å². The minimum Gasteiger partial charge on any atom is -0.452 e. The number of likely N-dealkylation sites (tertiary alicyclic amines) is 1. The van der Waals surface area contributed by atoms with Gasteiger partial charge in [-0.1, -0.05) is 35.9 Å². The lowest BCUT2D eigenvalue weighted by Gasteiger charge is -2.31. The van der Waals surface area contributed by atoms with Crippen LogP contribution in [0.4, 0.5) is 10.5 Å². The minimum absolute atomic E-state index is 0.161. The second kappa shape index (κ2) is 9.64. The van der Waals surface area contributed by atoms with Crippen molar-refractivity contribution in [1.29, 1.82) is 0 Å². The third-order valence-electron chi connectivity index (χ3n) is 5.52. The number of hydrogen-bond donors (Lipinski definition) is 1. The first-order valence-electron chi connectivity index (χ1n) is 10.7. The highest BCUT2D eigenvalue weighted by molar-refractivity contribution is 5.89. The number of rotatable bonds is 5. The van der Waals surface area contributed by atoms with E-state index in [2.05, 4.69) is 15.5 Å². The molecule has 1 atom stereocenters. The van der Waals surface area contributed by atoms with Gasteiger partial charge in [-0.3, -0.25) is 4.79 Å². The second-order valence-corrected chi connectivity index (χ2v) is 7.95. The van der Waals surface area contributed by atoms with Crippen LogP contribution in [0.15, 0.2) is 59.0 Å². The van der Waals surface area contributed by atoms with Crippen molar-refractivity contribution in [3.05, 3.63) is 66.1 Å². The molecule has 0 aliphatic carbocycles. The number of aryl methyl sites for hydroxylation is 1. The van der Waals surface area contributed by atoms with E-state index in [4.69, 9.17) is 9.15 Å². The summed E-state index contributed by atoms with van der Waals surface area (Å²) in [5.74, 6) is 0.0719. The number of amides is 2. The molecule has 8 heteroatoms. The van der Waals surface area contributed by atoms with Crippen molar-refractivity contribution in [2.45, 2.75) is 32.8 Å². The Bertz CT molecular complexity index is 1060. The fourth-order valence-corrected chi connectivity index (χ4v) is 3.57. The molecule has 1 N–H and O–H groups in total. The molecule has 1 unspecified atom stereocenters. The molecule has 3 aromatic rings. The van der Waals surface area contributed by atoms with Crippen LogP contribution in [0, 0.1) is 12.8 Å². The van der Waals surface area contributed by atoms with Crippen LogP contribution in [-0.2, 0) is 9.53 Å². The van der Waals surface area contributed by atoms with Gasteiger partial charge in [0, 0.05) is 24.3 Å². The molecule has 1 fully saturated rings. The highest BCUT2D eigenvalue weighted by atomic mass is 16.6. The van der Waals surface area contributed by atoms with E-state index in [0.29, 0.717) is 31.8 Å². The summed E-state index contributed by atoms with van der Waals surface area (Å²) in [7, 11) is 0. The zero-order chi connectivity index (χ0) is 22.5. The fourth-order valence-electron chi connectivity index (χ4n) is 3.57. The largest absolute Gasteiger partial charge is 0.452 e. The number of esters is 1. The summed E-state index contributed by atoms with van der Waals surface area (Å²) in [5, 5.41) is 11.0. The lowest BCUT2D eigenvalue weighted by atomic mass is 9.97. The number of nitrogens with one attached hydrogen (secondary N) is 1. The second-order valence-electron chi connectivity index (χ2n) is 7.95. The molecule has 1 aliphatic rings. The maximum atomic E-state index is 12.6. The number of carbonyl (C=O) groups is 2. The fraction of sp³-hybridized carbons (Fsp3) is 0.333. The molecule has 1 saturated heterocycles. The van der Waals surface area contributed by atoms with E-state index in [1.54, 1.807) is 11.8 Å². The molecule has 1 aliphatic heterocycles. The van der Waals surface area contributed by atoms with Crippen molar-refractivity contribution in [3.8, 4) is 11.5 Å². The van der Waals surface area contributed by atoms with Crippen LogP contribution in [-0.4, -0.2) is 40.2 Å². The quantitative estimate of drug-likeness (QED) is 0.590. The molecule has 1 aromatic heterocycles. The summed E-state index contributed by atoms with van der Waals surface area (Å²) in [5.41, 5.74) is 2.70. The normalized spacial score (nSPS) is 15.2. The number of para-hydroxylation sites is 1. The van der Waals surface area contributed by atoms with E-state index in [9.17, 15) is 9.59 Å². The molecular weight excluding hydrogens is 408 g/mol. The van der Waals surface area contributed by atoms with Crippen LogP contribution in [0.5, 0.6) is 0 Å². The van der Waals surface area contributed by atoms with E-state index < -0.39 is 6.10 Å². The Morgan fingerprint density at radius 1 is 1.06 bits per heavy atom. The maximum absolute atomic E-state index is 12.6. The number of hydrogen-bond acceptors (Lipinski definition) is 6. The maximum Gasteiger partial charge on any atom is 0.321 e. The van der Waals surface area contributed by atoms with Gasteiger partial charge >= 0.3 is 12.0 Å². The summed E-state index contributed by atoms with van der Waals surface area (Å²) in [4.78, 5) is 26.8. The number of anilines is 1. The van der Waals surface area contributed by atoms with Gasteiger partial charge in [-0.25, -0.2) is 4.79 Å². The molecule has 166 valence electrons. The monoisotopic (exact) mass is 434 g/mol. The zero-order valence-corrected chi connectivity index (χ0v) is 18.2. The topological polar surface area (TPSA) is 97.6 Å². The molecule has 8 nitrogen and oxygen atoms in total. The number of piperidine rings is 1. The van der Waals surface area contributed by atoms with Gasteiger partial charge in [0.05, 0.1) is 5.92 Å². The van der Waals surface area contributed by atoms with Gasteiger partial charge in [0.2, 0.25) is 5.89 Å². The predicted octanol–water partition coefficient (Wildman–Crippen LogP) is 4.59. The smallest absolute Gasteiger partial charge is 0.321 e. The Morgan fingerprint density at radius 2 is 1.75 bits per heavy atom. The van der Waals surface area contributed by atoms with Gasteiger partial charge in [-0.15, -0.1) is 10.2 Å². The highest BCUT2D eigenvalue weighted by Crippen LogP contribution is 2.26. The van der Waals surface area contributed by atoms with Crippen LogP contribution < -0.4 is 5.32 Å². The van der Waals surface area contributed by atoms with Crippen molar-refractivity contribution >= 4 is 17.7 Å². The molecule has 2 heterocycles. The zero-order valence-electron chi connectivity index (χ0n) is 18.2. The van der Waals surface area contributed by atoms with Gasteiger partial charge in [0.15, 0.2) is 6.10 Å². The number of urea groups is 1. The van der Waals surface area contributed by atoms with Crippen LogP contribution in [0.3, 0.4) is 0 Å². The average molecular weight is 434 g/mol. The van der Waals surface area contributed by atoms with E-state index >= 15 is 0 Å². The Morgan fingerprint density at radius 3 is 2.44 bits per heavy atom. The molecule has 32 heavy (non-hydrogen) atoms. The summed E-state index contributed by atoms with van der Waals surface area (Å²) in [6, 6.07) is 16.9. The van der Waals surface area contributed by atoms with Crippen molar-refractivity contribution in [2.75, 3.05) is 18.4 Å². The minimum atomic E-state index is -0.645. The average Bonchev–Trinajstić information content (AvgIpc) is 3.31. The Labute approximate surface area is 186 Å². The van der Waals surface area contributed by atoms with Crippen molar-refractivity contribution < 1.29 is 18.7 Å². The molecule has 0 spiro atoms. The summed E-state index contributed by atoms with van der Waals surface area (Å²) >= 11 is 0. The summed E-state index contributed by atoms with van der Waals surface area (Å²) in [6.07, 6.45) is 0.451. The van der Waals surface area contributed by atoms with Crippen LogP contribution >= 0.6 is 0 Å². The molecule has 2 amide bonds. The Balaban J connectivity index is 1.27. The van der Waals surface area contributed by atoms with Gasteiger partial charge in [0.1, 0.15) is 0 Å². The molecule has 2 aromatic carbocycles. The van der Waals surface area contributed by atoms with Gasteiger partial charge in [-0.2, -0.15) is 0 Å². The van der Waals surface area contributed by atoms with Gasteiger partial charge in [0.25, 0.3) is 5.89 Å². The first kappa shape index (κ1) is 21.5. The number of benzene rings is 2. The molecule has 0 radical (unpaired) electrons. The van der Waals surface area contributed by atoms with E-state index in [1.807, 2.05) is 61.5 Å². The Kier molecular flexibility index (Phi) is 6.49. The molecule has 0 saturated carbocycles. The number of nitrogens with zero attached hydrogens (tertiary/aromatic N) is 3. The van der Waals surface area contributed by atoms with Crippen molar-refractivity contribution in [3.63, 3.8) is 0 Å². The van der Waals surface area contributed by atoms with Crippen molar-refractivity contribution in [2.24, 2.45) is 5.92 Å². The Hall–Kier alpha value is -3.68. The predicted molar refractivity (Wildman–Crippen MR) is 119 cm³/mol. The standard InChI is InChI=1S/C24H26N4O4/c1-16-8-10-18(11-9-16)22-27-26-21(32-22)17(2)31-23(29)19-12-14-28(15-13-19)24(30)25-20-6-4-3-5-7-20/h3-11,17,19H,12-15H2,1-2H3,(H,25,30). The van der Waals surface area contributed by atoms with Gasteiger partial charge in [-0.05, 0) is 51.0 Å². The highest BCUT2D eigenvalue weighted by Gasteiger charge is 2.30. The lowest BCUT2D eigenvalue weighted by molar-refractivity contribution is -0.156. The van der Waals surface area contributed by atoms with Crippen molar-refractivity contribution in [1.82, 2.24) is 15.1 Å². The molecular formula is C24H26N4O4. The van der Waals surface area contributed by atoms with Crippen LogP contribution in [0.2, 0.25) is 0 Å². The third-order valence-corrected chi connectivity index (χ3v) is 5.52. The van der Waals surface area contributed by atoms with E-state index in [-0.39, 0.29) is 23.8 Å². The van der Waals surface area contributed by atoms with Crippen LogP contribution in [0.1, 0.15) is 37.3 Å². The first-order chi connectivity index (χ1) is 15.5. The SMILES string of the molecule is Cc1ccc(-c2nnc(C(C)OC(=O)C3CCN(C(=O)Nc4ccccc4)CC3)o2)cc1. The third kappa shape index (κ3) is 5.14. The molecule has 0 bridgehead atoms. The molecule has 4 rings (SSSR count). The summed E-state index contributed by atoms with van der Waals surface area (Å²) < 4.78 is 11.3. The van der Waals surface area contributed by atoms with Crippen LogP contribution in [0.25, 0.3) is 11.5 Å². The number of ether oxygens (including phenoxy) is 1. The first-order valence-corrected chi connectivity index (χ1v) is 10.7. The van der Waals surface area contributed by atoms with Gasteiger partial charge < -0.3 is 19.4 Å². The number of aromatic nitrogens is 2. The number of carbonyl (C=O) groups excluding carboxylic acids is 2. The lowest BCUT2D eigenvalue weighted by Crippen LogP contribution is -2.42.